The van der Waals surface area contributed by atoms with Crippen molar-refractivity contribution in [3.05, 3.63) is 70.5 Å². The Balaban J connectivity index is 1.70. The first-order chi connectivity index (χ1) is 14.8. The third-order valence-corrected chi connectivity index (χ3v) is 15.7. The van der Waals surface area contributed by atoms with Gasteiger partial charge in [-0.25, -0.2) is 0 Å². The molecule has 0 radical (unpaired) electrons. The summed E-state index contributed by atoms with van der Waals surface area (Å²) in [6.07, 6.45) is 21.5. The lowest BCUT2D eigenvalue weighted by atomic mass is 9.87. The Kier molecular flexibility index (Phi) is 6.35. The second kappa shape index (κ2) is 8.39. The van der Waals surface area contributed by atoms with Crippen molar-refractivity contribution in [3.63, 3.8) is 0 Å². The maximum absolute atomic E-state index is 2.71. The fourth-order valence-corrected chi connectivity index (χ4v) is 14.5. The molecular formula is C29H46Si3. The Hall–Kier alpha value is -0.909. The Morgan fingerprint density at radius 1 is 0.844 bits per heavy atom. The molecule has 4 rings (SSSR count). The van der Waals surface area contributed by atoms with Crippen LogP contribution in [0.3, 0.4) is 0 Å². The van der Waals surface area contributed by atoms with Gasteiger partial charge < -0.3 is 0 Å². The van der Waals surface area contributed by atoms with Crippen LogP contribution >= 0.6 is 0 Å². The Bertz CT molecular complexity index is 940. The third-order valence-electron chi connectivity index (χ3n) is 8.25. The second-order valence-corrected chi connectivity index (χ2v) is 29.8. The monoisotopic (exact) mass is 478 g/mol. The van der Waals surface area contributed by atoms with E-state index in [9.17, 15) is 0 Å². The summed E-state index contributed by atoms with van der Waals surface area (Å²) in [5.74, 6) is 2.98. The molecule has 0 bridgehead atoms. The van der Waals surface area contributed by atoms with Crippen LogP contribution in [0.1, 0.15) is 13.3 Å². The summed E-state index contributed by atoms with van der Waals surface area (Å²) in [5.41, 5.74) is 5.72. The van der Waals surface area contributed by atoms with Crippen LogP contribution in [0.25, 0.3) is 0 Å². The van der Waals surface area contributed by atoms with Gasteiger partial charge in [-0.05, 0) is 58.4 Å². The third kappa shape index (κ3) is 4.81. The molecule has 5 atom stereocenters. The molecule has 0 N–H and O–H groups in total. The molecule has 1 fully saturated rings. The summed E-state index contributed by atoms with van der Waals surface area (Å²) in [6, 6.07) is 2.79. The van der Waals surface area contributed by atoms with E-state index in [0.717, 1.165) is 23.3 Å². The topological polar surface area (TPSA) is 0 Å². The summed E-state index contributed by atoms with van der Waals surface area (Å²) < 4.78 is 0. The highest BCUT2D eigenvalue weighted by Crippen LogP contribution is 2.58. The molecule has 4 aliphatic carbocycles. The van der Waals surface area contributed by atoms with E-state index in [2.05, 4.69) is 108 Å². The number of hydrogen-bond donors (Lipinski definition) is 0. The predicted octanol–water partition coefficient (Wildman–Crippen LogP) is 9.03. The van der Waals surface area contributed by atoms with Gasteiger partial charge in [-0.3, -0.25) is 0 Å². The molecule has 0 amide bonds. The zero-order valence-electron chi connectivity index (χ0n) is 22.1. The number of hydrogen-bond acceptors (Lipinski definition) is 0. The molecule has 0 spiro atoms. The van der Waals surface area contributed by atoms with Crippen LogP contribution in [0.15, 0.2) is 70.5 Å². The number of fused-ring (bicyclic) bond motifs is 2. The van der Waals surface area contributed by atoms with Gasteiger partial charge in [0.2, 0.25) is 0 Å². The molecule has 174 valence electrons. The van der Waals surface area contributed by atoms with Crippen molar-refractivity contribution in [2.75, 3.05) is 0 Å². The second-order valence-electron chi connectivity index (χ2n) is 14.0. The van der Waals surface area contributed by atoms with E-state index in [1.165, 1.54) is 18.5 Å². The first kappa shape index (κ1) is 24.2. The average molecular weight is 479 g/mol. The lowest BCUT2D eigenvalue weighted by molar-refractivity contribution is 0.446. The quantitative estimate of drug-likeness (QED) is 0.334. The van der Waals surface area contributed by atoms with Gasteiger partial charge in [-0.1, -0.05) is 119 Å². The first-order valence-corrected chi connectivity index (χ1v) is 23.5. The highest BCUT2D eigenvalue weighted by molar-refractivity contribution is 6.87. The van der Waals surface area contributed by atoms with Gasteiger partial charge in [-0.2, -0.15) is 0 Å². The maximum Gasteiger partial charge on any atom is 0.0851 e. The Morgan fingerprint density at radius 3 is 2.12 bits per heavy atom. The molecule has 0 aromatic carbocycles. The van der Waals surface area contributed by atoms with Crippen molar-refractivity contribution in [1.82, 2.24) is 0 Å². The van der Waals surface area contributed by atoms with Crippen molar-refractivity contribution in [1.29, 1.82) is 0 Å². The van der Waals surface area contributed by atoms with E-state index in [-0.39, 0.29) is 0 Å². The van der Waals surface area contributed by atoms with Gasteiger partial charge in [-0.15, -0.1) is 0 Å². The molecule has 3 heteroatoms. The molecule has 0 saturated heterocycles. The molecular weight excluding hydrogens is 433 g/mol. The fraction of sp³-hybridized carbons (Fsp3) is 0.586. The van der Waals surface area contributed by atoms with Crippen molar-refractivity contribution >= 4 is 24.2 Å². The molecule has 0 heterocycles. The normalized spacial score (nSPS) is 32.2. The van der Waals surface area contributed by atoms with Crippen LogP contribution in [0, 0.1) is 23.7 Å². The SMILES string of the molecule is CC1C=CC2=C(C[Si](C)(C)C)C=C([Si](C)(C)C3CC(C[Si](C)(C)C)C4C=CC=CC43)C2=C1. The van der Waals surface area contributed by atoms with Gasteiger partial charge in [0.05, 0.1) is 8.07 Å². The minimum atomic E-state index is -1.65. The fourth-order valence-electron chi connectivity index (χ4n) is 6.98. The Labute approximate surface area is 201 Å². The summed E-state index contributed by atoms with van der Waals surface area (Å²) in [5, 5.41) is 1.78. The molecule has 32 heavy (non-hydrogen) atoms. The van der Waals surface area contributed by atoms with E-state index in [0.29, 0.717) is 5.92 Å². The summed E-state index contributed by atoms with van der Waals surface area (Å²) >= 11 is 0. The smallest absolute Gasteiger partial charge is 0.0808 e. The number of rotatable bonds is 6. The van der Waals surface area contributed by atoms with Crippen molar-refractivity contribution in [3.8, 4) is 0 Å². The largest absolute Gasteiger partial charge is 0.0851 e. The number of allylic oxidation sites excluding steroid dienone is 12. The van der Waals surface area contributed by atoms with Crippen molar-refractivity contribution in [2.45, 2.75) is 83.4 Å². The molecule has 5 unspecified atom stereocenters. The van der Waals surface area contributed by atoms with E-state index in [1.807, 2.05) is 0 Å². The molecule has 1 saturated carbocycles. The van der Waals surface area contributed by atoms with E-state index >= 15 is 0 Å². The van der Waals surface area contributed by atoms with Crippen LogP contribution < -0.4 is 0 Å². The van der Waals surface area contributed by atoms with Crippen LogP contribution in [-0.2, 0) is 0 Å². The zero-order valence-corrected chi connectivity index (χ0v) is 25.1. The zero-order chi connectivity index (χ0) is 23.5. The average Bonchev–Trinajstić information content (AvgIpc) is 3.19. The highest BCUT2D eigenvalue weighted by Gasteiger charge is 2.51. The first-order valence-electron chi connectivity index (χ1n) is 13.0. The van der Waals surface area contributed by atoms with E-state index < -0.39 is 24.2 Å². The lowest BCUT2D eigenvalue weighted by Gasteiger charge is -2.37. The molecule has 0 aromatic rings. The highest BCUT2D eigenvalue weighted by atomic mass is 28.3. The van der Waals surface area contributed by atoms with Gasteiger partial charge >= 0.3 is 0 Å². The van der Waals surface area contributed by atoms with Crippen molar-refractivity contribution in [2.24, 2.45) is 23.7 Å². The predicted molar refractivity (Wildman–Crippen MR) is 152 cm³/mol. The Morgan fingerprint density at radius 2 is 1.50 bits per heavy atom. The van der Waals surface area contributed by atoms with Gasteiger partial charge in [0, 0.05) is 16.1 Å². The maximum atomic E-state index is 2.71. The molecule has 0 nitrogen and oxygen atoms in total. The van der Waals surface area contributed by atoms with Gasteiger partial charge in [0.1, 0.15) is 0 Å². The molecule has 0 aliphatic heterocycles. The standard InChI is InChI=1S/C29H46Si3/c1-21-14-15-25-23(20-31(5,6)7)18-29(27(25)16-21)32(8,9)28-17-22(19-30(2,3)4)24-12-10-11-13-26(24)28/h10-16,18,21-22,24,26,28H,17,19-20H2,1-9H3. The summed E-state index contributed by atoms with van der Waals surface area (Å²) in [7, 11) is -3.90. The minimum Gasteiger partial charge on any atom is -0.0808 e. The van der Waals surface area contributed by atoms with Crippen molar-refractivity contribution < 1.29 is 0 Å². The summed E-state index contributed by atoms with van der Waals surface area (Å²) in [6.45, 7) is 23.1. The molecule has 0 aromatic heterocycles. The van der Waals surface area contributed by atoms with Crippen LogP contribution in [0.5, 0.6) is 0 Å². The lowest BCUT2D eigenvalue weighted by Crippen LogP contribution is -2.38. The van der Waals surface area contributed by atoms with E-state index in [1.54, 1.807) is 21.9 Å². The van der Waals surface area contributed by atoms with Gasteiger partial charge in [0.15, 0.2) is 0 Å². The van der Waals surface area contributed by atoms with Crippen LogP contribution in [-0.4, -0.2) is 24.2 Å². The van der Waals surface area contributed by atoms with Gasteiger partial charge in [0.25, 0.3) is 0 Å². The van der Waals surface area contributed by atoms with Crippen LogP contribution in [0.2, 0.25) is 70.0 Å². The van der Waals surface area contributed by atoms with E-state index in [4.69, 9.17) is 0 Å². The molecule has 4 aliphatic rings. The minimum absolute atomic E-state index is 0.557. The summed E-state index contributed by atoms with van der Waals surface area (Å²) in [4.78, 5) is 0. The van der Waals surface area contributed by atoms with Crippen LogP contribution in [0.4, 0.5) is 0 Å².